The Hall–Kier alpha value is -3.57. The van der Waals surface area contributed by atoms with Crippen LogP contribution in [0.5, 0.6) is 0 Å². The van der Waals surface area contributed by atoms with E-state index in [1.54, 1.807) is 6.07 Å². The van der Waals surface area contributed by atoms with E-state index in [0.717, 1.165) is 55.5 Å². The number of halogens is 1. The Morgan fingerprint density at radius 2 is 1.69 bits per heavy atom. The summed E-state index contributed by atoms with van der Waals surface area (Å²) in [7, 11) is 0. The molecule has 1 aliphatic heterocycles. The first kappa shape index (κ1) is 24.1. The summed E-state index contributed by atoms with van der Waals surface area (Å²) < 4.78 is 15.1. The van der Waals surface area contributed by atoms with E-state index < -0.39 is 5.82 Å². The predicted molar refractivity (Wildman–Crippen MR) is 143 cm³/mol. The third-order valence-electron chi connectivity index (χ3n) is 7.21. The van der Waals surface area contributed by atoms with Gasteiger partial charge in [-0.25, -0.2) is 9.37 Å². The van der Waals surface area contributed by atoms with E-state index >= 15 is 4.39 Å². The van der Waals surface area contributed by atoms with Crippen LogP contribution in [0.4, 0.5) is 4.39 Å². The van der Waals surface area contributed by atoms with Crippen molar-refractivity contribution < 1.29 is 9.18 Å². The Morgan fingerprint density at radius 3 is 2.39 bits per heavy atom. The van der Waals surface area contributed by atoms with Gasteiger partial charge in [-0.15, -0.1) is 0 Å². The Kier molecular flexibility index (Phi) is 7.38. The molecule has 1 saturated heterocycles. The first-order valence-corrected chi connectivity index (χ1v) is 12.9. The number of piperidine rings is 1. The standard InChI is InChI=1S/C31H32FN3O/c1-2-27(22-10-5-3-6-11-22)34-31(36)28-24-14-9-15-26(32)30(24)35-29(23-12-7-4-8-13-23)25(28)20-21-16-18-33-19-17-21/h3-15,21,27,33H,2,16-20H2,1H3,(H,34,36). The molecule has 184 valence electrons. The van der Waals surface area contributed by atoms with Crippen molar-refractivity contribution in [3.05, 3.63) is 101 Å². The fourth-order valence-corrected chi connectivity index (χ4v) is 5.30. The summed E-state index contributed by atoms with van der Waals surface area (Å²) in [4.78, 5) is 18.9. The van der Waals surface area contributed by atoms with Crippen LogP contribution in [0.1, 0.15) is 53.7 Å². The number of nitrogens with one attached hydrogen (secondary N) is 2. The summed E-state index contributed by atoms with van der Waals surface area (Å²) in [6.45, 7) is 4.00. The first-order chi connectivity index (χ1) is 17.7. The quantitative estimate of drug-likeness (QED) is 0.318. The number of hydrogen-bond acceptors (Lipinski definition) is 3. The van der Waals surface area contributed by atoms with Gasteiger partial charge >= 0.3 is 0 Å². The largest absolute Gasteiger partial charge is 0.345 e. The van der Waals surface area contributed by atoms with E-state index in [1.807, 2.05) is 66.7 Å². The molecule has 1 aromatic heterocycles. The van der Waals surface area contributed by atoms with E-state index in [0.29, 0.717) is 22.6 Å². The number of rotatable bonds is 7. The fourth-order valence-electron chi connectivity index (χ4n) is 5.30. The Morgan fingerprint density at radius 1 is 1.00 bits per heavy atom. The summed E-state index contributed by atoms with van der Waals surface area (Å²) in [5, 5.41) is 7.26. The molecule has 3 aromatic carbocycles. The number of hydrogen-bond donors (Lipinski definition) is 2. The van der Waals surface area contributed by atoms with Crippen molar-refractivity contribution in [2.24, 2.45) is 5.92 Å². The molecule has 36 heavy (non-hydrogen) atoms. The maximum absolute atomic E-state index is 15.1. The van der Waals surface area contributed by atoms with Crippen molar-refractivity contribution >= 4 is 16.8 Å². The van der Waals surface area contributed by atoms with Crippen LogP contribution in [0.15, 0.2) is 78.9 Å². The highest BCUT2D eigenvalue weighted by Gasteiger charge is 2.27. The van der Waals surface area contributed by atoms with E-state index in [-0.39, 0.29) is 17.5 Å². The lowest BCUT2D eigenvalue weighted by Crippen LogP contribution is -2.31. The van der Waals surface area contributed by atoms with Gasteiger partial charge in [-0.2, -0.15) is 0 Å². The monoisotopic (exact) mass is 481 g/mol. The lowest BCUT2D eigenvalue weighted by Gasteiger charge is -2.26. The molecule has 0 saturated carbocycles. The molecule has 4 nitrogen and oxygen atoms in total. The lowest BCUT2D eigenvalue weighted by molar-refractivity contribution is 0.0936. The van der Waals surface area contributed by atoms with Gasteiger partial charge in [-0.05, 0) is 61.9 Å². The molecule has 0 spiro atoms. The molecule has 2 N–H and O–H groups in total. The molecule has 2 heterocycles. The number of para-hydroxylation sites is 1. The molecular formula is C31H32FN3O. The number of pyridine rings is 1. The highest BCUT2D eigenvalue weighted by molar-refractivity contribution is 6.09. The number of benzene rings is 3. The molecule has 1 fully saturated rings. The summed E-state index contributed by atoms with van der Waals surface area (Å²) in [6, 6.07) is 24.6. The number of fused-ring (bicyclic) bond motifs is 1. The van der Waals surface area contributed by atoms with Gasteiger partial charge in [0.25, 0.3) is 5.91 Å². The molecular weight excluding hydrogens is 449 g/mol. The van der Waals surface area contributed by atoms with E-state index in [1.165, 1.54) is 6.07 Å². The zero-order valence-electron chi connectivity index (χ0n) is 20.6. The van der Waals surface area contributed by atoms with Crippen LogP contribution in [0.2, 0.25) is 0 Å². The minimum absolute atomic E-state index is 0.137. The normalized spacial score (nSPS) is 15.1. The van der Waals surface area contributed by atoms with E-state index in [2.05, 4.69) is 17.6 Å². The van der Waals surface area contributed by atoms with Gasteiger partial charge in [-0.1, -0.05) is 79.7 Å². The van der Waals surface area contributed by atoms with Crippen LogP contribution in [0, 0.1) is 11.7 Å². The van der Waals surface area contributed by atoms with Crippen molar-refractivity contribution in [3.8, 4) is 11.3 Å². The highest BCUT2D eigenvalue weighted by atomic mass is 19.1. The Labute approximate surface area is 212 Å². The van der Waals surface area contributed by atoms with Crippen molar-refractivity contribution in [1.82, 2.24) is 15.6 Å². The van der Waals surface area contributed by atoms with Gasteiger partial charge in [0.15, 0.2) is 0 Å². The van der Waals surface area contributed by atoms with Gasteiger partial charge in [0.2, 0.25) is 0 Å². The minimum atomic E-state index is -0.415. The van der Waals surface area contributed by atoms with Crippen LogP contribution >= 0.6 is 0 Å². The molecule has 4 aromatic rings. The average molecular weight is 482 g/mol. The van der Waals surface area contributed by atoms with Crippen molar-refractivity contribution in [3.63, 3.8) is 0 Å². The van der Waals surface area contributed by atoms with Gasteiger partial charge in [0, 0.05) is 10.9 Å². The van der Waals surface area contributed by atoms with Crippen LogP contribution in [-0.4, -0.2) is 24.0 Å². The molecule has 5 rings (SSSR count). The number of amides is 1. The third-order valence-corrected chi connectivity index (χ3v) is 7.21. The summed E-state index contributed by atoms with van der Waals surface area (Å²) >= 11 is 0. The Bertz CT molecular complexity index is 1330. The number of carbonyl (C=O) groups is 1. The summed E-state index contributed by atoms with van der Waals surface area (Å²) in [5.74, 6) is -0.156. The first-order valence-electron chi connectivity index (χ1n) is 12.9. The molecule has 0 aliphatic carbocycles. The SMILES string of the molecule is CCC(NC(=O)c1c(CC2CCNCC2)c(-c2ccccc2)nc2c(F)cccc12)c1ccccc1. The van der Waals surface area contributed by atoms with Gasteiger partial charge in [0.1, 0.15) is 11.3 Å². The van der Waals surface area contributed by atoms with E-state index in [9.17, 15) is 4.79 Å². The maximum Gasteiger partial charge on any atom is 0.252 e. The highest BCUT2D eigenvalue weighted by Crippen LogP contribution is 2.35. The second-order valence-electron chi connectivity index (χ2n) is 9.56. The van der Waals surface area contributed by atoms with E-state index in [4.69, 9.17) is 4.98 Å². The lowest BCUT2D eigenvalue weighted by atomic mass is 9.85. The molecule has 1 unspecified atom stereocenters. The molecule has 0 radical (unpaired) electrons. The molecule has 1 amide bonds. The molecule has 5 heteroatoms. The van der Waals surface area contributed by atoms with Gasteiger partial charge < -0.3 is 10.6 Å². The maximum atomic E-state index is 15.1. The third kappa shape index (κ3) is 5.02. The molecule has 1 atom stereocenters. The van der Waals surface area contributed by atoms with Gasteiger partial charge in [0.05, 0.1) is 17.3 Å². The van der Waals surface area contributed by atoms with Crippen LogP contribution in [0.25, 0.3) is 22.2 Å². The van der Waals surface area contributed by atoms with Crippen molar-refractivity contribution in [2.45, 2.75) is 38.6 Å². The van der Waals surface area contributed by atoms with Crippen molar-refractivity contribution in [1.29, 1.82) is 0 Å². The number of aromatic nitrogens is 1. The predicted octanol–water partition coefficient (Wildman–Crippen LogP) is 6.46. The Balaban J connectivity index is 1.68. The second-order valence-corrected chi connectivity index (χ2v) is 9.56. The van der Waals surface area contributed by atoms with Crippen LogP contribution in [0.3, 0.4) is 0 Å². The molecule has 0 bridgehead atoms. The second kappa shape index (κ2) is 11.0. The topological polar surface area (TPSA) is 54.0 Å². The van der Waals surface area contributed by atoms with Crippen LogP contribution in [-0.2, 0) is 6.42 Å². The number of carbonyl (C=O) groups excluding carboxylic acids is 1. The van der Waals surface area contributed by atoms with Gasteiger partial charge in [-0.3, -0.25) is 4.79 Å². The smallest absolute Gasteiger partial charge is 0.252 e. The van der Waals surface area contributed by atoms with Crippen LogP contribution < -0.4 is 10.6 Å². The fraction of sp³-hybridized carbons (Fsp3) is 0.290. The van der Waals surface area contributed by atoms with Crippen molar-refractivity contribution in [2.75, 3.05) is 13.1 Å². The molecule has 1 aliphatic rings. The summed E-state index contributed by atoms with van der Waals surface area (Å²) in [5.41, 5.74) is 4.35. The zero-order chi connectivity index (χ0) is 24.9. The zero-order valence-corrected chi connectivity index (χ0v) is 20.6. The summed E-state index contributed by atoms with van der Waals surface area (Å²) in [6.07, 6.45) is 3.56. The minimum Gasteiger partial charge on any atom is -0.345 e. The average Bonchev–Trinajstić information content (AvgIpc) is 2.93. The number of nitrogens with zero attached hydrogens (tertiary/aromatic N) is 1.